The highest BCUT2D eigenvalue weighted by Crippen LogP contribution is 2.41. The van der Waals surface area contributed by atoms with Gasteiger partial charge in [-0.05, 0) is 64.0 Å². The fourth-order valence-electron chi connectivity index (χ4n) is 4.15. The molecule has 3 heterocycles. The van der Waals surface area contributed by atoms with Crippen LogP contribution in [-0.2, 0) is 30.7 Å². The number of carbonyl (C=O) groups is 1. The minimum absolute atomic E-state index is 0.0609. The molecule has 8 heteroatoms. The molecular weight excluding hydrogens is 398 g/mol. The van der Waals surface area contributed by atoms with Gasteiger partial charge >= 0.3 is 5.97 Å². The number of thiophene rings is 1. The number of nitrogens with zero attached hydrogens (tertiary/aromatic N) is 1. The molecule has 0 bridgehead atoms. The van der Waals surface area contributed by atoms with Crippen molar-refractivity contribution in [1.29, 1.82) is 0 Å². The van der Waals surface area contributed by atoms with E-state index in [0.29, 0.717) is 43.2 Å². The van der Waals surface area contributed by atoms with E-state index in [1.807, 2.05) is 19.9 Å². The maximum atomic E-state index is 13.0. The summed E-state index contributed by atoms with van der Waals surface area (Å²) < 4.78 is 39.2. The lowest BCUT2D eigenvalue weighted by molar-refractivity contribution is -0.162. The Hall–Kier alpha value is -0.960. The second-order valence-corrected chi connectivity index (χ2v) is 11.0. The summed E-state index contributed by atoms with van der Waals surface area (Å²) in [5, 5.41) is 0. The molecule has 0 aromatic carbocycles. The van der Waals surface area contributed by atoms with Gasteiger partial charge in [-0.15, -0.1) is 11.3 Å². The highest BCUT2D eigenvalue weighted by molar-refractivity contribution is 7.91. The maximum absolute atomic E-state index is 13.0. The molecule has 3 rings (SSSR count). The van der Waals surface area contributed by atoms with Crippen molar-refractivity contribution in [2.24, 2.45) is 5.41 Å². The summed E-state index contributed by atoms with van der Waals surface area (Å²) in [7, 11) is -3.50. The lowest BCUT2D eigenvalue weighted by Crippen LogP contribution is -2.48. The monoisotopic (exact) mass is 429 g/mol. The molecule has 1 aromatic rings. The van der Waals surface area contributed by atoms with E-state index in [1.54, 1.807) is 6.07 Å². The van der Waals surface area contributed by atoms with E-state index in [4.69, 9.17) is 9.47 Å². The van der Waals surface area contributed by atoms with Crippen LogP contribution in [0.1, 0.15) is 57.2 Å². The van der Waals surface area contributed by atoms with Crippen molar-refractivity contribution in [2.75, 3.05) is 26.3 Å². The molecule has 0 spiro atoms. The maximum Gasteiger partial charge on any atom is 0.312 e. The zero-order valence-corrected chi connectivity index (χ0v) is 18.4. The van der Waals surface area contributed by atoms with Crippen LogP contribution in [0, 0.1) is 5.41 Å². The first-order chi connectivity index (χ1) is 13.4. The number of ether oxygens (including phenoxy) is 2. The van der Waals surface area contributed by atoms with E-state index >= 15 is 0 Å². The Bertz CT molecular complexity index is 759. The van der Waals surface area contributed by atoms with Crippen LogP contribution in [0.25, 0.3) is 0 Å². The second-order valence-electron chi connectivity index (χ2n) is 7.67. The number of hydrogen-bond acceptors (Lipinski definition) is 6. The number of rotatable bonds is 7. The Labute approximate surface area is 172 Å². The Morgan fingerprint density at radius 1 is 1.29 bits per heavy atom. The quantitative estimate of drug-likeness (QED) is 0.619. The molecule has 0 aliphatic carbocycles. The number of carbonyl (C=O) groups excluding carboxylic acids is 1. The lowest BCUT2D eigenvalue weighted by atomic mass is 9.73. The van der Waals surface area contributed by atoms with E-state index in [9.17, 15) is 13.2 Å². The zero-order valence-electron chi connectivity index (χ0n) is 16.8. The standard InChI is InChI=1S/C20H31NO5S2/c1-3-17-8-9-18(27-17)28(23,24)21-12-10-20(11-13-21,19(22)25-4-2)15-16-7-5-6-14-26-16/h8-9,16H,3-7,10-15H2,1-2H3. The average Bonchev–Trinajstić information content (AvgIpc) is 3.19. The third kappa shape index (κ3) is 4.61. The molecule has 0 amide bonds. The van der Waals surface area contributed by atoms with Gasteiger partial charge in [-0.25, -0.2) is 8.42 Å². The summed E-state index contributed by atoms with van der Waals surface area (Å²) in [5.41, 5.74) is -0.645. The molecule has 2 aliphatic heterocycles. The Balaban J connectivity index is 1.73. The van der Waals surface area contributed by atoms with Crippen LogP contribution in [0.3, 0.4) is 0 Å². The first kappa shape index (κ1) is 21.7. The van der Waals surface area contributed by atoms with Crippen LogP contribution in [-0.4, -0.2) is 51.1 Å². The van der Waals surface area contributed by atoms with Gasteiger partial charge in [0.2, 0.25) is 0 Å². The van der Waals surface area contributed by atoms with Gasteiger partial charge in [-0.1, -0.05) is 6.92 Å². The predicted octanol–water partition coefficient (Wildman–Crippen LogP) is 3.60. The van der Waals surface area contributed by atoms with Crippen molar-refractivity contribution < 1.29 is 22.7 Å². The normalized spacial score (nSPS) is 23.4. The average molecular weight is 430 g/mol. The molecule has 2 aliphatic rings. The van der Waals surface area contributed by atoms with E-state index < -0.39 is 15.4 Å². The summed E-state index contributed by atoms with van der Waals surface area (Å²) in [6.45, 7) is 5.58. The Morgan fingerprint density at radius 2 is 2.04 bits per heavy atom. The molecule has 1 atom stereocenters. The van der Waals surface area contributed by atoms with Crippen molar-refractivity contribution in [3.8, 4) is 0 Å². The number of sulfonamides is 1. The zero-order chi connectivity index (χ0) is 20.2. The molecule has 2 fully saturated rings. The van der Waals surface area contributed by atoms with Crippen LogP contribution in [0.4, 0.5) is 0 Å². The summed E-state index contributed by atoms with van der Waals surface area (Å²) in [6, 6.07) is 3.58. The van der Waals surface area contributed by atoms with Crippen molar-refractivity contribution in [3.63, 3.8) is 0 Å². The van der Waals surface area contributed by atoms with Crippen LogP contribution in [0.15, 0.2) is 16.3 Å². The third-order valence-electron chi connectivity index (χ3n) is 5.86. The molecule has 2 saturated heterocycles. The van der Waals surface area contributed by atoms with Crippen molar-refractivity contribution >= 4 is 27.3 Å². The van der Waals surface area contributed by atoms with E-state index in [1.165, 1.54) is 15.6 Å². The van der Waals surface area contributed by atoms with Gasteiger partial charge in [0.15, 0.2) is 0 Å². The summed E-state index contributed by atoms with van der Waals surface area (Å²) in [5.74, 6) is -0.203. The van der Waals surface area contributed by atoms with Gasteiger partial charge < -0.3 is 9.47 Å². The van der Waals surface area contributed by atoms with Crippen molar-refractivity contribution in [3.05, 3.63) is 17.0 Å². The first-order valence-corrected chi connectivity index (χ1v) is 12.5. The number of piperidine rings is 1. The summed E-state index contributed by atoms with van der Waals surface area (Å²) in [4.78, 5) is 13.9. The Kier molecular flexibility index (Phi) is 7.17. The third-order valence-corrected chi connectivity index (χ3v) is 9.46. The molecule has 0 saturated carbocycles. The number of esters is 1. The van der Waals surface area contributed by atoms with Gasteiger partial charge in [-0.2, -0.15) is 4.31 Å². The molecule has 1 aromatic heterocycles. The smallest absolute Gasteiger partial charge is 0.312 e. The predicted molar refractivity (Wildman–Crippen MR) is 109 cm³/mol. The number of aryl methyl sites for hydroxylation is 1. The molecule has 1 unspecified atom stereocenters. The van der Waals surface area contributed by atoms with Crippen LogP contribution < -0.4 is 0 Å². The van der Waals surface area contributed by atoms with Crippen LogP contribution in [0.2, 0.25) is 0 Å². The van der Waals surface area contributed by atoms with E-state index in [2.05, 4.69) is 0 Å². The summed E-state index contributed by atoms with van der Waals surface area (Å²) in [6.07, 6.45) is 5.61. The van der Waals surface area contributed by atoms with Crippen LogP contribution >= 0.6 is 11.3 Å². The van der Waals surface area contributed by atoms with Gasteiger partial charge in [0.1, 0.15) is 4.21 Å². The summed E-state index contributed by atoms with van der Waals surface area (Å²) >= 11 is 1.34. The van der Waals surface area contributed by atoms with Crippen molar-refractivity contribution in [2.45, 2.75) is 69.1 Å². The minimum atomic E-state index is -3.50. The molecular formula is C20H31NO5S2. The highest BCUT2D eigenvalue weighted by Gasteiger charge is 2.46. The van der Waals surface area contributed by atoms with Gasteiger partial charge in [0.05, 0.1) is 18.1 Å². The van der Waals surface area contributed by atoms with Gasteiger partial charge in [0.25, 0.3) is 10.0 Å². The van der Waals surface area contributed by atoms with E-state index in [-0.39, 0.29) is 12.1 Å². The van der Waals surface area contributed by atoms with Crippen LogP contribution in [0.5, 0.6) is 0 Å². The SMILES string of the molecule is CCOC(=O)C1(CC2CCCCO2)CCN(S(=O)(=O)c2ccc(CC)s2)CC1. The topological polar surface area (TPSA) is 72.9 Å². The fraction of sp³-hybridized carbons (Fsp3) is 0.750. The van der Waals surface area contributed by atoms with E-state index in [0.717, 1.165) is 37.2 Å². The Morgan fingerprint density at radius 3 is 2.61 bits per heavy atom. The second kappa shape index (κ2) is 9.24. The molecule has 158 valence electrons. The minimum Gasteiger partial charge on any atom is -0.466 e. The van der Waals surface area contributed by atoms with Gasteiger partial charge in [-0.3, -0.25) is 4.79 Å². The lowest BCUT2D eigenvalue weighted by Gasteiger charge is -2.41. The van der Waals surface area contributed by atoms with Crippen molar-refractivity contribution in [1.82, 2.24) is 4.31 Å². The molecule has 28 heavy (non-hydrogen) atoms. The molecule has 6 nitrogen and oxygen atoms in total. The van der Waals surface area contributed by atoms with Gasteiger partial charge in [0, 0.05) is 24.6 Å². The first-order valence-electron chi connectivity index (χ1n) is 10.3. The molecule has 0 N–H and O–H groups in total. The highest BCUT2D eigenvalue weighted by atomic mass is 32.2. The largest absolute Gasteiger partial charge is 0.466 e. The number of hydrogen-bond donors (Lipinski definition) is 0. The fourth-order valence-corrected chi connectivity index (χ4v) is 7.04. The molecule has 0 radical (unpaired) electrons.